The van der Waals surface area contributed by atoms with Crippen LogP contribution in [0.5, 0.6) is 0 Å². The van der Waals surface area contributed by atoms with Crippen molar-refractivity contribution in [3.05, 3.63) is 57.2 Å². The highest BCUT2D eigenvalue weighted by Gasteiger charge is 2.35. The van der Waals surface area contributed by atoms with E-state index in [1.165, 1.54) is 11.9 Å². The zero-order chi connectivity index (χ0) is 22.5. The summed E-state index contributed by atoms with van der Waals surface area (Å²) in [5, 5.41) is 8.80. The summed E-state index contributed by atoms with van der Waals surface area (Å²) in [5.41, 5.74) is 1.72. The smallest absolute Gasteiger partial charge is 0.262 e. The molecule has 0 bridgehead atoms. The third-order valence-corrected chi connectivity index (χ3v) is 7.06. The first-order chi connectivity index (χ1) is 15.5. The second-order valence-corrected chi connectivity index (χ2v) is 9.25. The van der Waals surface area contributed by atoms with Gasteiger partial charge in [-0.15, -0.1) is 11.3 Å². The zero-order valence-electron chi connectivity index (χ0n) is 18.1. The fraction of sp³-hybridized carbons (Fsp3) is 0.435. The summed E-state index contributed by atoms with van der Waals surface area (Å²) in [7, 11) is 0. The van der Waals surface area contributed by atoms with E-state index in [1.54, 1.807) is 16.2 Å². The van der Waals surface area contributed by atoms with Gasteiger partial charge in [0.05, 0.1) is 29.8 Å². The Bertz CT molecular complexity index is 975. The minimum absolute atomic E-state index is 0.0121. The van der Waals surface area contributed by atoms with Gasteiger partial charge in [0.25, 0.3) is 5.91 Å². The van der Waals surface area contributed by atoms with E-state index in [0.717, 1.165) is 29.2 Å². The first kappa shape index (κ1) is 22.9. The maximum atomic E-state index is 13.4. The Labute approximate surface area is 197 Å². The number of hydrogen-bond acceptors (Lipinski definition) is 6. The van der Waals surface area contributed by atoms with E-state index >= 15 is 0 Å². The third kappa shape index (κ3) is 5.38. The molecule has 1 fully saturated rings. The van der Waals surface area contributed by atoms with Gasteiger partial charge in [0.2, 0.25) is 5.91 Å². The largest absolute Gasteiger partial charge is 0.379 e. The van der Waals surface area contributed by atoms with Crippen LogP contribution in [0.4, 0.5) is 0 Å². The molecule has 0 N–H and O–H groups in total. The Morgan fingerprint density at radius 3 is 2.69 bits per heavy atom. The highest BCUT2D eigenvalue weighted by Crippen LogP contribution is 2.37. The summed E-state index contributed by atoms with van der Waals surface area (Å²) in [6.07, 6.45) is 0.587. The molecule has 32 heavy (non-hydrogen) atoms. The van der Waals surface area contributed by atoms with Gasteiger partial charge in [0, 0.05) is 44.5 Å². The van der Waals surface area contributed by atoms with Crippen LogP contribution in [-0.2, 0) is 14.3 Å². The molecule has 2 aromatic rings. The van der Waals surface area contributed by atoms with E-state index in [1.807, 2.05) is 41.8 Å². The number of thiophene rings is 1. The molecule has 2 amide bonds. The van der Waals surface area contributed by atoms with Crippen LogP contribution in [0.3, 0.4) is 0 Å². The molecule has 170 valence electrons. The van der Waals surface area contributed by atoms with Crippen LogP contribution >= 0.6 is 22.9 Å². The highest BCUT2D eigenvalue weighted by molar-refractivity contribution is 7.12. The SMILES string of the molecule is CC(=O)N(CCN1CCOCC1)CC(=O)N1N=C(c2cccs2)CC1c1ccccc1Cl. The van der Waals surface area contributed by atoms with Gasteiger partial charge in [0.15, 0.2) is 0 Å². The number of benzene rings is 1. The van der Waals surface area contributed by atoms with Gasteiger partial charge in [-0.05, 0) is 23.1 Å². The van der Waals surface area contributed by atoms with Gasteiger partial charge in [-0.2, -0.15) is 5.10 Å². The first-order valence-electron chi connectivity index (χ1n) is 10.8. The maximum absolute atomic E-state index is 13.4. The maximum Gasteiger partial charge on any atom is 0.262 e. The van der Waals surface area contributed by atoms with Crippen LogP contribution in [0, 0.1) is 0 Å². The minimum atomic E-state index is -0.290. The lowest BCUT2D eigenvalue weighted by atomic mass is 10.0. The Morgan fingerprint density at radius 2 is 2.00 bits per heavy atom. The molecule has 4 rings (SSSR count). The second kappa shape index (κ2) is 10.6. The standard InChI is InChI=1S/C23H27ClN4O3S/c1-17(29)27(9-8-26-10-12-31-13-11-26)16-23(30)28-21(18-5-2-3-6-19(18)24)15-20(25-28)22-7-4-14-32-22/h2-7,14,21H,8-13,15-16H2,1H3. The molecule has 1 saturated heterocycles. The molecule has 2 aliphatic rings. The molecular formula is C23H27ClN4O3S. The Balaban J connectivity index is 1.51. The zero-order valence-corrected chi connectivity index (χ0v) is 19.6. The summed E-state index contributed by atoms with van der Waals surface area (Å²) >= 11 is 8.07. The fourth-order valence-corrected chi connectivity index (χ4v) is 4.97. The lowest BCUT2D eigenvalue weighted by Gasteiger charge is -2.30. The number of morpholine rings is 1. The van der Waals surface area contributed by atoms with Gasteiger partial charge in [-0.3, -0.25) is 14.5 Å². The topological polar surface area (TPSA) is 65.5 Å². The van der Waals surface area contributed by atoms with Crippen molar-refractivity contribution in [2.75, 3.05) is 45.9 Å². The number of hydrogen-bond donors (Lipinski definition) is 0. The number of amides is 2. The van der Waals surface area contributed by atoms with Gasteiger partial charge in [0.1, 0.15) is 6.54 Å². The molecular weight excluding hydrogens is 448 g/mol. The van der Waals surface area contributed by atoms with Crippen molar-refractivity contribution in [3.63, 3.8) is 0 Å². The molecule has 0 spiro atoms. The van der Waals surface area contributed by atoms with Crippen LogP contribution in [0.1, 0.15) is 29.8 Å². The van der Waals surface area contributed by atoms with Crippen LogP contribution in [0.15, 0.2) is 46.9 Å². The van der Waals surface area contributed by atoms with Crippen molar-refractivity contribution in [1.82, 2.24) is 14.8 Å². The number of carbonyl (C=O) groups excluding carboxylic acids is 2. The van der Waals surface area contributed by atoms with Crippen molar-refractivity contribution in [2.45, 2.75) is 19.4 Å². The average molecular weight is 475 g/mol. The van der Waals surface area contributed by atoms with E-state index in [-0.39, 0.29) is 24.4 Å². The molecule has 1 unspecified atom stereocenters. The average Bonchev–Trinajstić information content (AvgIpc) is 3.47. The molecule has 1 atom stereocenters. The minimum Gasteiger partial charge on any atom is -0.379 e. The number of nitrogens with zero attached hydrogens (tertiary/aromatic N) is 4. The number of carbonyl (C=O) groups is 2. The second-order valence-electron chi connectivity index (χ2n) is 7.90. The molecule has 7 nitrogen and oxygen atoms in total. The van der Waals surface area contributed by atoms with Crippen LogP contribution < -0.4 is 0 Å². The van der Waals surface area contributed by atoms with Crippen molar-refractivity contribution in [3.8, 4) is 0 Å². The van der Waals surface area contributed by atoms with Gasteiger partial charge >= 0.3 is 0 Å². The fourth-order valence-electron chi connectivity index (χ4n) is 3.99. The van der Waals surface area contributed by atoms with E-state index in [9.17, 15) is 9.59 Å². The molecule has 9 heteroatoms. The lowest BCUT2D eigenvalue weighted by molar-refractivity contribution is -0.140. The van der Waals surface area contributed by atoms with Gasteiger partial charge < -0.3 is 9.64 Å². The van der Waals surface area contributed by atoms with Crippen molar-refractivity contribution >= 4 is 40.5 Å². The molecule has 0 radical (unpaired) electrons. The molecule has 1 aromatic carbocycles. The Hall–Kier alpha value is -2.26. The number of hydrazone groups is 1. The predicted octanol–water partition coefficient (Wildman–Crippen LogP) is 3.26. The quantitative estimate of drug-likeness (QED) is 0.617. The summed E-state index contributed by atoms with van der Waals surface area (Å²) < 4.78 is 5.38. The number of ether oxygens (including phenoxy) is 1. The molecule has 1 aromatic heterocycles. The Morgan fingerprint density at radius 1 is 1.22 bits per heavy atom. The lowest BCUT2D eigenvalue weighted by Crippen LogP contribution is -2.45. The van der Waals surface area contributed by atoms with Gasteiger partial charge in [-0.25, -0.2) is 5.01 Å². The predicted molar refractivity (Wildman–Crippen MR) is 126 cm³/mol. The molecule has 0 aliphatic carbocycles. The summed E-state index contributed by atoms with van der Waals surface area (Å²) in [4.78, 5) is 30.5. The Kier molecular flexibility index (Phi) is 7.57. The van der Waals surface area contributed by atoms with Crippen molar-refractivity contribution in [1.29, 1.82) is 0 Å². The van der Waals surface area contributed by atoms with Crippen molar-refractivity contribution in [2.24, 2.45) is 5.10 Å². The van der Waals surface area contributed by atoms with E-state index < -0.39 is 0 Å². The van der Waals surface area contributed by atoms with Crippen molar-refractivity contribution < 1.29 is 14.3 Å². The van der Waals surface area contributed by atoms with E-state index in [2.05, 4.69) is 10.0 Å². The molecule has 3 heterocycles. The van der Waals surface area contributed by atoms with Crippen LogP contribution in [0.25, 0.3) is 0 Å². The van der Waals surface area contributed by atoms with Crippen LogP contribution in [-0.4, -0.2) is 78.3 Å². The van der Waals surface area contributed by atoms with Crippen LogP contribution in [0.2, 0.25) is 5.02 Å². The normalized spacial score (nSPS) is 19.1. The molecule has 0 saturated carbocycles. The summed E-state index contributed by atoms with van der Waals surface area (Å²) in [5.74, 6) is -0.332. The summed E-state index contributed by atoms with van der Waals surface area (Å²) in [6, 6.07) is 11.2. The highest BCUT2D eigenvalue weighted by atomic mass is 35.5. The van der Waals surface area contributed by atoms with Gasteiger partial charge in [-0.1, -0.05) is 35.9 Å². The third-order valence-electron chi connectivity index (χ3n) is 5.80. The monoisotopic (exact) mass is 474 g/mol. The van der Waals surface area contributed by atoms with E-state index in [4.69, 9.17) is 16.3 Å². The first-order valence-corrected chi connectivity index (χ1v) is 12.0. The van der Waals surface area contributed by atoms with E-state index in [0.29, 0.717) is 37.7 Å². The molecule has 2 aliphatic heterocycles. The summed E-state index contributed by atoms with van der Waals surface area (Å²) in [6.45, 7) is 5.79. The number of halogens is 1. The number of rotatable bonds is 7.